The van der Waals surface area contributed by atoms with Crippen molar-refractivity contribution in [2.45, 2.75) is 79.2 Å². The monoisotopic (exact) mass is 301 g/mol. The van der Waals surface area contributed by atoms with Crippen LogP contribution in [0.2, 0.25) is 0 Å². The van der Waals surface area contributed by atoms with Gasteiger partial charge in [0.15, 0.2) is 0 Å². The van der Waals surface area contributed by atoms with Crippen molar-refractivity contribution in [2.75, 3.05) is 13.2 Å². The minimum absolute atomic E-state index is 0.102. The Morgan fingerprint density at radius 1 is 1.24 bits per heavy atom. The third-order valence-corrected chi connectivity index (χ3v) is 3.49. The first-order chi connectivity index (χ1) is 9.64. The molecule has 0 rings (SSSR count). The fourth-order valence-corrected chi connectivity index (χ4v) is 2.65. The lowest BCUT2D eigenvalue weighted by atomic mass is 9.76. The standard InChI is InChI=1S/C17H35NO3/c1-7-8-9-10-17(13-19,11-14(2)3)12-18-15(20)21-16(4,5)6/h14,19H,7-13H2,1-6H3,(H,18,20). The lowest BCUT2D eigenvalue weighted by molar-refractivity contribution is 0.0421. The van der Waals surface area contributed by atoms with Crippen LogP contribution in [0.1, 0.15) is 73.6 Å². The van der Waals surface area contributed by atoms with Crippen molar-refractivity contribution in [2.24, 2.45) is 11.3 Å². The Balaban J connectivity index is 4.60. The van der Waals surface area contributed by atoms with Crippen LogP contribution in [0.15, 0.2) is 0 Å². The van der Waals surface area contributed by atoms with Gasteiger partial charge < -0.3 is 15.2 Å². The molecule has 0 saturated heterocycles. The van der Waals surface area contributed by atoms with E-state index in [1.165, 1.54) is 0 Å². The maximum Gasteiger partial charge on any atom is 0.407 e. The molecule has 0 aliphatic rings. The van der Waals surface area contributed by atoms with Gasteiger partial charge in [-0.2, -0.15) is 0 Å². The number of alkyl carbamates (subject to hydrolysis) is 1. The lowest BCUT2D eigenvalue weighted by Gasteiger charge is -2.34. The number of carbonyl (C=O) groups excluding carboxylic acids is 1. The highest BCUT2D eigenvalue weighted by Crippen LogP contribution is 2.32. The summed E-state index contributed by atoms with van der Waals surface area (Å²) in [6, 6.07) is 0. The molecule has 0 aliphatic heterocycles. The normalized spacial score (nSPS) is 14.9. The zero-order valence-electron chi connectivity index (χ0n) is 14.8. The summed E-state index contributed by atoms with van der Waals surface area (Å²) in [5.74, 6) is 0.485. The van der Waals surface area contributed by atoms with Gasteiger partial charge in [-0.25, -0.2) is 4.79 Å². The van der Waals surface area contributed by atoms with Crippen LogP contribution in [0.4, 0.5) is 4.79 Å². The van der Waals surface area contributed by atoms with Crippen molar-refractivity contribution >= 4 is 6.09 Å². The van der Waals surface area contributed by atoms with Crippen LogP contribution in [0.25, 0.3) is 0 Å². The molecule has 21 heavy (non-hydrogen) atoms. The first kappa shape index (κ1) is 20.2. The topological polar surface area (TPSA) is 58.6 Å². The Kier molecular flexibility index (Phi) is 8.95. The molecule has 0 aliphatic carbocycles. The minimum Gasteiger partial charge on any atom is -0.444 e. The van der Waals surface area contributed by atoms with Crippen LogP contribution in [-0.4, -0.2) is 30.0 Å². The molecule has 0 radical (unpaired) electrons. The molecule has 0 fully saturated rings. The number of rotatable bonds is 9. The smallest absolute Gasteiger partial charge is 0.407 e. The number of amides is 1. The van der Waals surface area contributed by atoms with Gasteiger partial charge in [-0.3, -0.25) is 0 Å². The Labute approximate surface area is 130 Å². The van der Waals surface area contributed by atoms with Gasteiger partial charge in [0.1, 0.15) is 5.60 Å². The number of aliphatic hydroxyl groups excluding tert-OH is 1. The number of unbranched alkanes of at least 4 members (excludes halogenated alkanes) is 2. The first-order valence-electron chi connectivity index (χ1n) is 8.22. The van der Waals surface area contributed by atoms with E-state index in [2.05, 4.69) is 26.1 Å². The fourth-order valence-electron chi connectivity index (χ4n) is 2.65. The Morgan fingerprint density at radius 2 is 1.86 bits per heavy atom. The summed E-state index contributed by atoms with van der Waals surface area (Å²) in [7, 11) is 0. The number of hydrogen-bond acceptors (Lipinski definition) is 3. The maximum atomic E-state index is 11.8. The molecule has 0 heterocycles. The molecule has 0 aromatic heterocycles. The number of hydrogen-bond donors (Lipinski definition) is 2. The molecule has 0 aromatic carbocycles. The largest absolute Gasteiger partial charge is 0.444 e. The third kappa shape index (κ3) is 9.72. The van der Waals surface area contributed by atoms with Crippen LogP contribution >= 0.6 is 0 Å². The van der Waals surface area contributed by atoms with Gasteiger partial charge in [-0.05, 0) is 39.5 Å². The quantitative estimate of drug-likeness (QED) is 0.630. The molecule has 0 aromatic rings. The van der Waals surface area contributed by atoms with E-state index in [4.69, 9.17) is 4.74 Å². The van der Waals surface area contributed by atoms with Crippen molar-refractivity contribution in [1.82, 2.24) is 5.32 Å². The molecule has 1 unspecified atom stereocenters. The van der Waals surface area contributed by atoms with Crippen molar-refractivity contribution in [3.63, 3.8) is 0 Å². The van der Waals surface area contributed by atoms with E-state index in [1.807, 2.05) is 20.8 Å². The van der Waals surface area contributed by atoms with Crippen LogP contribution in [-0.2, 0) is 4.74 Å². The molecule has 126 valence electrons. The van der Waals surface area contributed by atoms with E-state index < -0.39 is 11.7 Å². The van der Waals surface area contributed by atoms with Crippen molar-refractivity contribution in [3.8, 4) is 0 Å². The molecule has 1 atom stereocenters. The van der Waals surface area contributed by atoms with E-state index in [1.54, 1.807) is 0 Å². The van der Waals surface area contributed by atoms with E-state index >= 15 is 0 Å². The predicted molar refractivity (Wildman–Crippen MR) is 87.4 cm³/mol. The van der Waals surface area contributed by atoms with Gasteiger partial charge in [0.25, 0.3) is 0 Å². The summed E-state index contributed by atoms with van der Waals surface area (Å²) < 4.78 is 5.28. The SMILES string of the molecule is CCCCCC(CO)(CNC(=O)OC(C)(C)C)CC(C)C. The first-order valence-corrected chi connectivity index (χ1v) is 8.22. The Hall–Kier alpha value is -0.770. The number of aliphatic hydroxyl groups is 1. The number of carbonyl (C=O) groups is 1. The van der Waals surface area contributed by atoms with Crippen LogP contribution in [0.3, 0.4) is 0 Å². The Bertz CT molecular complexity index is 297. The highest BCUT2D eigenvalue weighted by molar-refractivity contribution is 5.67. The molecule has 0 saturated carbocycles. The van der Waals surface area contributed by atoms with Gasteiger partial charge in [-0.1, -0.05) is 40.0 Å². The van der Waals surface area contributed by atoms with Gasteiger partial charge in [0.05, 0.1) is 6.61 Å². The average molecular weight is 301 g/mol. The van der Waals surface area contributed by atoms with Crippen LogP contribution < -0.4 is 5.32 Å². The number of ether oxygens (including phenoxy) is 1. The van der Waals surface area contributed by atoms with Crippen molar-refractivity contribution < 1.29 is 14.6 Å². The third-order valence-electron chi connectivity index (χ3n) is 3.49. The lowest BCUT2D eigenvalue weighted by Crippen LogP contribution is -2.43. The van der Waals surface area contributed by atoms with E-state index in [0.29, 0.717) is 12.5 Å². The minimum atomic E-state index is -0.494. The highest BCUT2D eigenvalue weighted by Gasteiger charge is 2.31. The van der Waals surface area contributed by atoms with Crippen LogP contribution in [0.5, 0.6) is 0 Å². The molecule has 0 spiro atoms. The second kappa shape index (κ2) is 9.29. The number of nitrogens with one attached hydrogen (secondary N) is 1. The summed E-state index contributed by atoms with van der Waals surface area (Å²) in [5, 5.41) is 12.7. The zero-order chi connectivity index (χ0) is 16.5. The summed E-state index contributed by atoms with van der Waals surface area (Å²) in [6.45, 7) is 12.6. The molecule has 2 N–H and O–H groups in total. The maximum absolute atomic E-state index is 11.8. The van der Waals surface area contributed by atoms with Crippen molar-refractivity contribution in [1.29, 1.82) is 0 Å². The van der Waals surface area contributed by atoms with Gasteiger partial charge in [0, 0.05) is 12.0 Å². The molecular formula is C17H35NO3. The summed E-state index contributed by atoms with van der Waals surface area (Å²) in [4.78, 5) is 11.8. The molecule has 1 amide bonds. The van der Waals surface area contributed by atoms with Gasteiger partial charge in [0.2, 0.25) is 0 Å². The van der Waals surface area contributed by atoms with E-state index in [0.717, 1.165) is 32.1 Å². The second-order valence-corrected chi connectivity index (χ2v) is 7.57. The summed E-state index contributed by atoms with van der Waals surface area (Å²) in [6.07, 6.45) is 4.84. The molecular weight excluding hydrogens is 266 g/mol. The summed E-state index contributed by atoms with van der Waals surface area (Å²) in [5.41, 5.74) is -0.730. The van der Waals surface area contributed by atoms with Crippen LogP contribution in [0, 0.1) is 11.3 Å². The second-order valence-electron chi connectivity index (χ2n) is 7.57. The average Bonchev–Trinajstić information content (AvgIpc) is 2.33. The molecule has 4 heteroatoms. The summed E-state index contributed by atoms with van der Waals surface area (Å²) >= 11 is 0. The highest BCUT2D eigenvalue weighted by atomic mass is 16.6. The molecule has 0 bridgehead atoms. The van der Waals surface area contributed by atoms with Crippen molar-refractivity contribution in [3.05, 3.63) is 0 Å². The predicted octanol–water partition coefficient (Wildman–Crippen LogP) is 4.12. The Morgan fingerprint density at radius 3 is 2.29 bits per heavy atom. The zero-order valence-corrected chi connectivity index (χ0v) is 14.8. The molecule has 4 nitrogen and oxygen atoms in total. The van der Waals surface area contributed by atoms with E-state index in [-0.39, 0.29) is 12.0 Å². The van der Waals surface area contributed by atoms with E-state index in [9.17, 15) is 9.90 Å². The fraction of sp³-hybridized carbons (Fsp3) is 0.941. The van der Waals surface area contributed by atoms with Gasteiger partial charge in [-0.15, -0.1) is 0 Å². The van der Waals surface area contributed by atoms with Gasteiger partial charge >= 0.3 is 6.09 Å².